The van der Waals surface area contributed by atoms with E-state index in [1.54, 1.807) is 11.0 Å². The van der Waals surface area contributed by atoms with Gasteiger partial charge in [-0.05, 0) is 36.4 Å². The minimum absolute atomic E-state index is 0.0434. The van der Waals surface area contributed by atoms with Gasteiger partial charge in [0.2, 0.25) is 0 Å². The summed E-state index contributed by atoms with van der Waals surface area (Å²) in [5.41, 5.74) is -0.174. The zero-order valence-corrected chi connectivity index (χ0v) is 19.5. The van der Waals surface area contributed by atoms with Gasteiger partial charge < -0.3 is 14.5 Å². The molecule has 0 bridgehead atoms. The maximum atomic E-state index is 13.9. The van der Waals surface area contributed by atoms with Crippen molar-refractivity contribution < 1.29 is 44.3 Å². The first-order valence-electron chi connectivity index (χ1n) is 10.3. The molecule has 0 spiro atoms. The number of halogens is 6. The van der Waals surface area contributed by atoms with Gasteiger partial charge in [0.05, 0.1) is 16.0 Å². The maximum Gasteiger partial charge on any atom is 0.456 e. The van der Waals surface area contributed by atoms with Gasteiger partial charge in [0, 0.05) is 38.1 Å². The fourth-order valence-corrected chi connectivity index (χ4v) is 4.06. The van der Waals surface area contributed by atoms with Crippen LogP contribution in [0.25, 0.3) is 0 Å². The van der Waals surface area contributed by atoms with E-state index in [-0.39, 0.29) is 36.6 Å². The number of hydrogen-bond acceptors (Lipinski definition) is 6. The van der Waals surface area contributed by atoms with Gasteiger partial charge in [0.25, 0.3) is 5.91 Å². The Morgan fingerprint density at radius 3 is 2.22 bits per heavy atom. The third-order valence-corrected chi connectivity index (χ3v) is 6.55. The fourth-order valence-electron chi connectivity index (χ4n) is 3.41. The van der Waals surface area contributed by atoms with Crippen molar-refractivity contribution in [2.75, 3.05) is 43.9 Å². The van der Waals surface area contributed by atoms with Crippen molar-refractivity contribution in [1.29, 1.82) is 5.26 Å². The van der Waals surface area contributed by atoms with E-state index in [4.69, 9.17) is 5.26 Å². The number of hydrogen-bond donors (Lipinski definition) is 0. The lowest BCUT2D eigenvalue weighted by molar-refractivity contribution is -0.290. The third-order valence-electron chi connectivity index (χ3n) is 5.44. The van der Waals surface area contributed by atoms with Gasteiger partial charge in [-0.1, -0.05) is 0 Å². The molecule has 0 aliphatic carbocycles. The Bertz CT molecular complexity index is 1300. The van der Waals surface area contributed by atoms with Crippen LogP contribution in [0.4, 0.5) is 32.0 Å². The number of alkyl halides is 5. The molecule has 2 aromatic rings. The molecule has 2 aromatic carbocycles. The largest absolute Gasteiger partial charge is 0.486 e. The second-order valence-electron chi connectivity index (χ2n) is 7.98. The minimum Gasteiger partial charge on any atom is -0.486 e. The lowest BCUT2D eigenvalue weighted by atomic mass is 10.1. The van der Waals surface area contributed by atoms with E-state index in [0.717, 1.165) is 24.5 Å². The van der Waals surface area contributed by atoms with Gasteiger partial charge in [-0.2, -0.15) is 27.2 Å². The number of rotatable bonds is 6. The first-order chi connectivity index (χ1) is 16.6. The Morgan fingerprint density at radius 2 is 1.69 bits per heavy atom. The normalized spacial score (nSPS) is 14.9. The number of carbonyl (C=O) groups is 1. The summed E-state index contributed by atoms with van der Waals surface area (Å²) in [6, 6.07) is 8.35. The SMILES string of the molecule is CS(=O)(=O)c1ccc(OCC(F)(F)C(F)(F)F)c(C(=O)N2CCN(c3ccc(C#N)c(F)c3)CC2)c1. The number of ether oxygens (including phenoxy) is 1. The Morgan fingerprint density at radius 1 is 1.06 bits per heavy atom. The summed E-state index contributed by atoms with van der Waals surface area (Å²) in [4.78, 5) is 15.7. The highest BCUT2D eigenvalue weighted by Gasteiger charge is 2.58. The predicted octanol–water partition coefficient (Wildman–Crippen LogP) is 3.64. The van der Waals surface area contributed by atoms with Crippen LogP contribution in [0.1, 0.15) is 15.9 Å². The average molecular weight is 535 g/mol. The van der Waals surface area contributed by atoms with Crippen LogP contribution in [0, 0.1) is 17.1 Å². The Hall–Kier alpha value is -3.47. The van der Waals surface area contributed by atoms with Gasteiger partial charge in [-0.25, -0.2) is 12.8 Å². The Kier molecular flexibility index (Phi) is 7.45. The quantitative estimate of drug-likeness (QED) is 0.525. The summed E-state index contributed by atoms with van der Waals surface area (Å²) in [7, 11) is -3.85. The van der Waals surface area contributed by atoms with Crippen LogP contribution < -0.4 is 9.64 Å². The molecule has 14 heteroatoms. The highest BCUT2D eigenvalue weighted by Crippen LogP contribution is 2.36. The summed E-state index contributed by atoms with van der Waals surface area (Å²) in [6.07, 6.45) is -5.05. The number of nitriles is 1. The smallest absolute Gasteiger partial charge is 0.456 e. The lowest BCUT2D eigenvalue weighted by Crippen LogP contribution is -2.49. The van der Waals surface area contributed by atoms with Crippen LogP contribution in [-0.4, -0.2) is 70.4 Å². The maximum absolute atomic E-state index is 13.9. The van der Waals surface area contributed by atoms with E-state index < -0.39 is 51.6 Å². The molecule has 0 unspecified atom stereocenters. The molecule has 1 heterocycles. The molecule has 1 aliphatic heterocycles. The Balaban J connectivity index is 1.82. The van der Waals surface area contributed by atoms with Crippen LogP contribution in [0.3, 0.4) is 0 Å². The van der Waals surface area contributed by atoms with Crippen molar-refractivity contribution in [3.63, 3.8) is 0 Å². The second kappa shape index (κ2) is 9.88. The van der Waals surface area contributed by atoms with Crippen molar-refractivity contribution in [2.24, 2.45) is 0 Å². The third kappa shape index (κ3) is 5.84. The molecule has 194 valence electrons. The first kappa shape index (κ1) is 27.1. The molecule has 0 radical (unpaired) electrons. The van der Waals surface area contributed by atoms with Gasteiger partial charge in [0.1, 0.15) is 17.6 Å². The first-order valence-corrected chi connectivity index (χ1v) is 12.2. The number of anilines is 1. The van der Waals surface area contributed by atoms with Gasteiger partial charge in [0.15, 0.2) is 16.4 Å². The van der Waals surface area contributed by atoms with Crippen molar-refractivity contribution in [3.05, 3.63) is 53.3 Å². The van der Waals surface area contributed by atoms with Crippen molar-refractivity contribution in [3.8, 4) is 11.8 Å². The van der Waals surface area contributed by atoms with Crippen LogP contribution in [0.15, 0.2) is 41.3 Å². The molecule has 0 N–H and O–H groups in total. The molecule has 0 atom stereocenters. The summed E-state index contributed by atoms with van der Waals surface area (Å²) >= 11 is 0. The van der Waals surface area contributed by atoms with E-state index in [0.29, 0.717) is 5.69 Å². The standard InChI is InChI=1S/C22H19F6N3O4S/c1-36(33,34)16-4-5-19(35-13-21(24,25)22(26,27)28)17(11-16)20(32)31-8-6-30(7-9-31)15-3-2-14(12-29)18(23)10-15/h2-5,10-11H,6-9,13H2,1H3. The summed E-state index contributed by atoms with van der Waals surface area (Å²) < 4.78 is 107. The highest BCUT2D eigenvalue weighted by molar-refractivity contribution is 7.90. The van der Waals surface area contributed by atoms with Crippen LogP contribution in [-0.2, 0) is 9.84 Å². The number of amides is 1. The van der Waals surface area contributed by atoms with Gasteiger partial charge in [-0.15, -0.1) is 0 Å². The number of nitrogens with zero attached hydrogens (tertiary/aromatic N) is 3. The second-order valence-corrected chi connectivity index (χ2v) is 9.99. The van der Waals surface area contributed by atoms with Crippen LogP contribution >= 0.6 is 0 Å². The molecular weight excluding hydrogens is 516 g/mol. The highest BCUT2D eigenvalue weighted by atomic mass is 32.2. The topological polar surface area (TPSA) is 90.7 Å². The predicted molar refractivity (Wildman–Crippen MR) is 115 cm³/mol. The molecule has 1 fully saturated rings. The van der Waals surface area contributed by atoms with E-state index in [9.17, 15) is 39.6 Å². The molecule has 0 saturated carbocycles. The van der Waals surface area contributed by atoms with Gasteiger partial charge in [-0.3, -0.25) is 4.79 Å². The number of piperazine rings is 1. The number of benzene rings is 2. The van der Waals surface area contributed by atoms with Crippen molar-refractivity contribution >= 4 is 21.4 Å². The van der Waals surface area contributed by atoms with Crippen molar-refractivity contribution in [2.45, 2.75) is 17.0 Å². The Labute approximate surface area is 202 Å². The summed E-state index contributed by atoms with van der Waals surface area (Å²) in [5.74, 6) is -7.39. The zero-order valence-electron chi connectivity index (χ0n) is 18.7. The average Bonchev–Trinajstić information content (AvgIpc) is 2.81. The molecular formula is C22H19F6N3O4S. The number of carbonyl (C=O) groups excluding carboxylic acids is 1. The van der Waals surface area contributed by atoms with Crippen LogP contribution in [0.2, 0.25) is 0 Å². The lowest BCUT2D eigenvalue weighted by Gasteiger charge is -2.36. The van der Waals surface area contributed by atoms with E-state index in [1.165, 1.54) is 23.1 Å². The molecule has 0 aromatic heterocycles. The molecule has 1 aliphatic rings. The monoisotopic (exact) mass is 535 g/mol. The zero-order chi connectivity index (χ0) is 26.9. The van der Waals surface area contributed by atoms with Crippen LogP contribution in [0.5, 0.6) is 5.75 Å². The molecule has 7 nitrogen and oxygen atoms in total. The summed E-state index contributed by atoms with van der Waals surface area (Å²) in [5, 5.41) is 8.85. The molecule has 36 heavy (non-hydrogen) atoms. The fraction of sp³-hybridized carbons (Fsp3) is 0.364. The molecule has 1 saturated heterocycles. The van der Waals surface area contributed by atoms with E-state index in [1.807, 2.05) is 0 Å². The van der Waals surface area contributed by atoms with E-state index >= 15 is 0 Å². The van der Waals surface area contributed by atoms with E-state index in [2.05, 4.69) is 4.74 Å². The summed E-state index contributed by atoms with van der Waals surface area (Å²) in [6.45, 7) is -1.62. The van der Waals surface area contributed by atoms with Crippen molar-refractivity contribution in [1.82, 2.24) is 4.90 Å². The molecule has 1 amide bonds. The number of sulfone groups is 1. The van der Waals surface area contributed by atoms with Gasteiger partial charge >= 0.3 is 12.1 Å². The molecule has 3 rings (SSSR count). The minimum atomic E-state index is -5.88.